The first-order valence-corrected chi connectivity index (χ1v) is 10.6. The molecule has 1 heterocycles. The Kier molecular flexibility index (Phi) is 4.13. The minimum Gasteiger partial charge on any atom is -0.493 e. The fourth-order valence-electron chi connectivity index (χ4n) is 7.10. The van der Waals surface area contributed by atoms with E-state index in [2.05, 4.69) is 46.8 Å². The summed E-state index contributed by atoms with van der Waals surface area (Å²) in [6.45, 7) is 13.2. The molecule has 0 aromatic heterocycles. The van der Waals surface area contributed by atoms with Gasteiger partial charge in [-0.3, -0.25) is 0 Å². The van der Waals surface area contributed by atoms with Crippen LogP contribution in [-0.2, 0) is 11.8 Å². The van der Waals surface area contributed by atoms with Crippen LogP contribution in [0.15, 0.2) is 12.1 Å². The van der Waals surface area contributed by atoms with Crippen LogP contribution < -0.4 is 9.47 Å². The largest absolute Gasteiger partial charge is 0.493 e. The Labute approximate surface area is 159 Å². The molecule has 4 rings (SSSR count). The highest BCUT2D eigenvalue weighted by atomic mass is 16.5. The molecular weight excluding hydrogens is 320 g/mol. The molecule has 0 amide bonds. The molecule has 0 saturated heterocycles. The van der Waals surface area contributed by atoms with Gasteiger partial charge in [0.2, 0.25) is 0 Å². The quantitative estimate of drug-likeness (QED) is 0.632. The Bertz CT molecular complexity index is 706. The standard InChI is InChI=1S/C24H36O2/c1-7-16-13-17-21(18(14-16)25-6)26-15-20-23(17,4)12-9-19-22(2,3)10-8-11-24(19,20)5/h13-14,19-20H,7-12,15H2,1-6H3/t19-,20-,23-,24-/m0/s1. The summed E-state index contributed by atoms with van der Waals surface area (Å²) in [5, 5.41) is 0. The Morgan fingerprint density at radius 1 is 1.08 bits per heavy atom. The lowest BCUT2D eigenvalue weighted by molar-refractivity contribution is -0.123. The van der Waals surface area contributed by atoms with Crippen molar-refractivity contribution < 1.29 is 9.47 Å². The molecule has 3 aliphatic rings. The molecule has 2 aliphatic carbocycles. The zero-order valence-corrected chi connectivity index (χ0v) is 17.6. The van der Waals surface area contributed by atoms with Gasteiger partial charge in [0, 0.05) is 16.9 Å². The van der Waals surface area contributed by atoms with Crippen LogP contribution in [0.2, 0.25) is 0 Å². The predicted molar refractivity (Wildman–Crippen MR) is 107 cm³/mol. The SMILES string of the molecule is CCc1cc(OC)c2c(c1)[C@]1(C)CC[C@H]3C(C)(C)CCC[C@]3(C)[C@H]1CO2. The summed E-state index contributed by atoms with van der Waals surface area (Å²) >= 11 is 0. The molecule has 1 aromatic carbocycles. The third-order valence-corrected chi connectivity index (χ3v) is 8.55. The van der Waals surface area contributed by atoms with E-state index >= 15 is 0 Å². The second kappa shape index (κ2) is 5.91. The van der Waals surface area contributed by atoms with Gasteiger partial charge in [-0.25, -0.2) is 0 Å². The summed E-state index contributed by atoms with van der Waals surface area (Å²) < 4.78 is 12.2. The van der Waals surface area contributed by atoms with Gasteiger partial charge < -0.3 is 9.47 Å². The van der Waals surface area contributed by atoms with Crippen LogP contribution >= 0.6 is 0 Å². The van der Waals surface area contributed by atoms with Crippen molar-refractivity contribution in [3.63, 3.8) is 0 Å². The summed E-state index contributed by atoms with van der Waals surface area (Å²) in [6, 6.07) is 4.58. The number of fused-ring (bicyclic) bond motifs is 5. The van der Waals surface area contributed by atoms with Crippen LogP contribution in [0.1, 0.15) is 77.8 Å². The summed E-state index contributed by atoms with van der Waals surface area (Å²) in [5.74, 6) is 3.34. The lowest BCUT2D eigenvalue weighted by atomic mass is 9.42. The molecule has 1 aromatic rings. The molecule has 2 saturated carbocycles. The van der Waals surface area contributed by atoms with Gasteiger partial charge >= 0.3 is 0 Å². The first-order chi connectivity index (χ1) is 12.3. The van der Waals surface area contributed by atoms with Crippen molar-refractivity contribution in [2.24, 2.45) is 22.7 Å². The molecule has 2 fully saturated rings. The number of hydrogen-bond acceptors (Lipinski definition) is 2. The maximum atomic E-state index is 6.44. The van der Waals surface area contributed by atoms with Gasteiger partial charge in [-0.1, -0.05) is 47.1 Å². The van der Waals surface area contributed by atoms with Gasteiger partial charge in [0.1, 0.15) is 0 Å². The third kappa shape index (κ3) is 2.36. The zero-order chi connectivity index (χ0) is 18.7. The molecule has 26 heavy (non-hydrogen) atoms. The van der Waals surface area contributed by atoms with E-state index in [1.807, 2.05) is 0 Å². The average Bonchev–Trinajstić information content (AvgIpc) is 2.59. The number of methoxy groups -OCH3 is 1. The fraction of sp³-hybridized carbons (Fsp3) is 0.750. The van der Waals surface area contributed by atoms with Gasteiger partial charge in [-0.05, 0) is 60.5 Å². The van der Waals surface area contributed by atoms with Gasteiger partial charge in [0.25, 0.3) is 0 Å². The molecule has 0 unspecified atom stereocenters. The van der Waals surface area contributed by atoms with Crippen LogP contribution in [0.5, 0.6) is 11.5 Å². The van der Waals surface area contributed by atoms with Crippen LogP contribution in [0.3, 0.4) is 0 Å². The summed E-state index contributed by atoms with van der Waals surface area (Å²) in [7, 11) is 1.77. The van der Waals surface area contributed by atoms with Crippen LogP contribution in [0.4, 0.5) is 0 Å². The topological polar surface area (TPSA) is 18.5 Å². The summed E-state index contributed by atoms with van der Waals surface area (Å²) in [5.41, 5.74) is 3.81. The van der Waals surface area contributed by atoms with E-state index in [-0.39, 0.29) is 5.41 Å². The van der Waals surface area contributed by atoms with Crippen molar-refractivity contribution in [2.45, 2.75) is 78.6 Å². The fourth-order valence-corrected chi connectivity index (χ4v) is 7.10. The average molecular weight is 357 g/mol. The number of rotatable bonds is 2. The maximum Gasteiger partial charge on any atom is 0.164 e. The molecule has 144 valence electrons. The third-order valence-electron chi connectivity index (χ3n) is 8.55. The molecule has 1 aliphatic heterocycles. The Morgan fingerprint density at radius 2 is 1.85 bits per heavy atom. The van der Waals surface area contributed by atoms with Crippen LogP contribution in [0, 0.1) is 22.7 Å². The van der Waals surface area contributed by atoms with Gasteiger partial charge in [0.05, 0.1) is 13.7 Å². The molecule has 0 spiro atoms. The lowest BCUT2D eigenvalue weighted by Gasteiger charge is -2.63. The Hall–Kier alpha value is -1.18. The monoisotopic (exact) mass is 356 g/mol. The van der Waals surface area contributed by atoms with E-state index in [0.29, 0.717) is 16.7 Å². The van der Waals surface area contributed by atoms with E-state index in [1.165, 1.54) is 43.2 Å². The number of hydrogen-bond donors (Lipinski definition) is 0. The molecule has 0 N–H and O–H groups in total. The van der Waals surface area contributed by atoms with Crippen molar-refractivity contribution in [1.29, 1.82) is 0 Å². The normalized spacial score (nSPS) is 37.8. The van der Waals surface area contributed by atoms with Crippen molar-refractivity contribution >= 4 is 0 Å². The number of aryl methyl sites for hydroxylation is 1. The van der Waals surface area contributed by atoms with E-state index in [4.69, 9.17) is 9.47 Å². The summed E-state index contributed by atoms with van der Waals surface area (Å²) in [4.78, 5) is 0. The first kappa shape index (κ1) is 18.2. The molecular formula is C24H36O2. The van der Waals surface area contributed by atoms with Gasteiger partial charge in [-0.2, -0.15) is 0 Å². The minimum atomic E-state index is 0.199. The van der Waals surface area contributed by atoms with Gasteiger partial charge in [-0.15, -0.1) is 0 Å². The van der Waals surface area contributed by atoms with E-state index < -0.39 is 0 Å². The van der Waals surface area contributed by atoms with Crippen molar-refractivity contribution in [1.82, 2.24) is 0 Å². The van der Waals surface area contributed by atoms with Crippen LogP contribution in [-0.4, -0.2) is 13.7 Å². The highest BCUT2D eigenvalue weighted by Gasteiger charge is 2.60. The number of benzene rings is 1. The smallest absolute Gasteiger partial charge is 0.164 e. The highest BCUT2D eigenvalue weighted by molar-refractivity contribution is 5.54. The Balaban J connectivity index is 1.83. The second-order valence-electron chi connectivity index (χ2n) is 10.2. The van der Waals surface area contributed by atoms with E-state index in [1.54, 1.807) is 7.11 Å². The maximum absolute atomic E-state index is 6.44. The molecule has 2 heteroatoms. The predicted octanol–water partition coefficient (Wildman–Crippen LogP) is 6.15. The lowest BCUT2D eigenvalue weighted by Crippen LogP contribution is -2.59. The highest BCUT2D eigenvalue weighted by Crippen LogP contribution is 2.66. The first-order valence-electron chi connectivity index (χ1n) is 10.6. The number of ether oxygens (including phenoxy) is 2. The second-order valence-corrected chi connectivity index (χ2v) is 10.2. The zero-order valence-electron chi connectivity index (χ0n) is 17.6. The van der Waals surface area contributed by atoms with Crippen molar-refractivity contribution in [3.8, 4) is 11.5 Å². The van der Waals surface area contributed by atoms with E-state index in [9.17, 15) is 0 Å². The van der Waals surface area contributed by atoms with Gasteiger partial charge in [0.15, 0.2) is 11.5 Å². The van der Waals surface area contributed by atoms with E-state index in [0.717, 1.165) is 30.4 Å². The molecule has 0 bridgehead atoms. The molecule has 4 atom stereocenters. The minimum absolute atomic E-state index is 0.199. The van der Waals surface area contributed by atoms with Crippen LogP contribution in [0.25, 0.3) is 0 Å². The molecule has 2 nitrogen and oxygen atoms in total. The summed E-state index contributed by atoms with van der Waals surface area (Å²) in [6.07, 6.45) is 7.74. The Morgan fingerprint density at radius 3 is 2.54 bits per heavy atom. The van der Waals surface area contributed by atoms with Crippen molar-refractivity contribution in [3.05, 3.63) is 23.3 Å². The molecule has 0 radical (unpaired) electrons. The van der Waals surface area contributed by atoms with Crippen molar-refractivity contribution in [2.75, 3.05) is 13.7 Å².